The fourth-order valence-electron chi connectivity index (χ4n) is 2.51. The zero-order chi connectivity index (χ0) is 14.8. The second kappa shape index (κ2) is 6.03. The van der Waals surface area contributed by atoms with E-state index in [-0.39, 0.29) is 0 Å². The Morgan fingerprint density at radius 1 is 1.43 bits per heavy atom. The van der Waals surface area contributed by atoms with E-state index in [4.69, 9.17) is 11.6 Å². The molecule has 6 heteroatoms. The molecule has 1 heterocycles. The molecular formula is C15H15ClN2O2S. The summed E-state index contributed by atoms with van der Waals surface area (Å²) < 4.78 is 0. The van der Waals surface area contributed by atoms with Crippen LogP contribution in [-0.2, 0) is 17.8 Å². The monoisotopic (exact) mass is 322 g/mol. The normalized spacial score (nSPS) is 17.3. The molecule has 0 spiro atoms. The van der Waals surface area contributed by atoms with E-state index >= 15 is 0 Å². The topological polar surface area (TPSA) is 62.2 Å². The van der Waals surface area contributed by atoms with Gasteiger partial charge in [-0.2, -0.15) is 0 Å². The standard InChI is InChI=1S/C15H15ClN2O2S/c16-10-6-4-9(5-7-10)8-17-15-18-13-11(14(19)20)2-1-3-12(13)21-15/h4-7,11H,1-3,8H2,(H,17,18)(H,19,20). The van der Waals surface area contributed by atoms with Gasteiger partial charge in [-0.3, -0.25) is 4.79 Å². The van der Waals surface area contributed by atoms with Crippen LogP contribution in [0.3, 0.4) is 0 Å². The summed E-state index contributed by atoms with van der Waals surface area (Å²) in [6.07, 6.45) is 2.53. The number of hydrogen-bond acceptors (Lipinski definition) is 4. The summed E-state index contributed by atoms with van der Waals surface area (Å²) >= 11 is 7.42. The van der Waals surface area contributed by atoms with Crippen molar-refractivity contribution in [2.45, 2.75) is 31.7 Å². The first-order valence-corrected chi connectivity index (χ1v) is 8.03. The van der Waals surface area contributed by atoms with Crippen molar-refractivity contribution in [3.8, 4) is 0 Å². The van der Waals surface area contributed by atoms with Crippen LogP contribution in [-0.4, -0.2) is 16.1 Å². The summed E-state index contributed by atoms with van der Waals surface area (Å²) in [5.74, 6) is -1.22. The largest absolute Gasteiger partial charge is 0.481 e. The van der Waals surface area contributed by atoms with Crippen LogP contribution in [0.15, 0.2) is 24.3 Å². The Morgan fingerprint density at radius 3 is 2.90 bits per heavy atom. The molecule has 1 unspecified atom stereocenters. The van der Waals surface area contributed by atoms with E-state index in [0.29, 0.717) is 18.0 Å². The van der Waals surface area contributed by atoms with E-state index in [1.165, 1.54) is 0 Å². The van der Waals surface area contributed by atoms with E-state index in [9.17, 15) is 9.90 Å². The Balaban J connectivity index is 1.72. The number of thiazole rings is 1. The smallest absolute Gasteiger partial charge is 0.312 e. The van der Waals surface area contributed by atoms with E-state index < -0.39 is 11.9 Å². The fourth-order valence-corrected chi connectivity index (χ4v) is 3.70. The van der Waals surface area contributed by atoms with Crippen LogP contribution in [0.5, 0.6) is 0 Å². The molecule has 0 bridgehead atoms. The van der Waals surface area contributed by atoms with Gasteiger partial charge in [0.05, 0.1) is 5.69 Å². The third-order valence-electron chi connectivity index (χ3n) is 3.61. The molecule has 2 N–H and O–H groups in total. The first kappa shape index (κ1) is 14.4. The molecule has 1 aliphatic rings. The van der Waals surface area contributed by atoms with Gasteiger partial charge in [0.2, 0.25) is 0 Å². The first-order chi connectivity index (χ1) is 10.1. The van der Waals surface area contributed by atoms with Crippen LogP contribution in [0.25, 0.3) is 0 Å². The summed E-state index contributed by atoms with van der Waals surface area (Å²) in [5.41, 5.74) is 1.86. The van der Waals surface area contributed by atoms with Crippen LogP contribution >= 0.6 is 22.9 Å². The third-order valence-corrected chi connectivity index (χ3v) is 4.95. The molecule has 0 saturated carbocycles. The molecule has 1 aromatic heterocycles. The summed E-state index contributed by atoms with van der Waals surface area (Å²) in [4.78, 5) is 16.9. The number of carbonyl (C=O) groups is 1. The Morgan fingerprint density at radius 2 is 2.19 bits per heavy atom. The van der Waals surface area contributed by atoms with Crippen molar-refractivity contribution >= 4 is 34.0 Å². The van der Waals surface area contributed by atoms with Crippen molar-refractivity contribution < 1.29 is 9.90 Å². The highest BCUT2D eigenvalue weighted by atomic mass is 35.5. The average Bonchev–Trinajstić information content (AvgIpc) is 2.89. The number of rotatable bonds is 4. The zero-order valence-corrected chi connectivity index (χ0v) is 12.9. The molecule has 3 rings (SSSR count). The average molecular weight is 323 g/mol. The molecule has 0 fully saturated rings. The molecule has 4 nitrogen and oxygen atoms in total. The molecule has 0 aliphatic heterocycles. The lowest BCUT2D eigenvalue weighted by Crippen LogP contribution is -2.17. The van der Waals surface area contributed by atoms with Crippen LogP contribution in [0.4, 0.5) is 5.13 Å². The van der Waals surface area contributed by atoms with Gasteiger partial charge in [-0.05, 0) is 37.0 Å². The van der Waals surface area contributed by atoms with Gasteiger partial charge in [-0.15, -0.1) is 11.3 Å². The molecule has 1 aromatic carbocycles. The fraction of sp³-hybridized carbons (Fsp3) is 0.333. The van der Waals surface area contributed by atoms with Gasteiger partial charge in [-0.25, -0.2) is 4.98 Å². The van der Waals surface area contributed by atoms with Crippen molar-refractivity contribution in [1.29, 1.82) is 0 Å². The SMILES string of the molecule is O=C(O)C1CCCc2sc(NCc3ccc(Cl)cc3)nc21. The Labute approximate surface area is 131 Å². The molecule has 0 saturated heterocycles. The number of anilines is 1. The second-order valence-electron chi connectivity index (χ2n) is 5.09. The molecule has 2 aromatic rings. The van der Waals surface area contributed by atoms with Crippen molar-refractivity contribution in [2.24, 2.45) is 0 Å². The Bertz CT molecular complexity index is 654. The molecular weight excluding hydrogens is 308 g/mol. The van der Waals surface area contributed by atoms with Crippen molar-refractivity contribution in [3.63, 3.8) is 0 Å². The van der Waals surface area contributed by atoms with E-state index in [1.54, 1.807) is 11.3 Å². The van der Waals surface area contributed by atoms with Crippen molar-refractivity contribution in [3.05, 3.63) is 45.4 Å². The molecule has 0 amide bonds. The minimum atomic E-state index is -0.773. The predicted molar refractivity (Wildman–Crippen MR) is 84.2 cm³/mol. The number of nitrogens with zero attached hydrogens (tertiary/aromatic N) is 1. The summed E-state index contributed by atoms with van der Waals surface area (Å²) in [7, 11) is 0. The number of aromatic nitrogens is 1. The maximum atomic E-state index is 11.3. The summed E-state index contributed by atoms with van der Waals surface area (Å²) in [6.45, 7) is 0.654. The van der Waals surface area contributed by atoms with E-state index in [1.807, 2.05) is 24.3 Å². The molecule has 1 atom stereocenters. The maximum Gasteiger partial charge on any atom is 0.312 e. The van der Waals surface area contributed by atoms with Gasteiger partial charge in [-0.1, -0.05) is 23.7 Å². The first-order valence-electron chi connectivity index (χ1n) is 6.84. The third kappa shape index (κ3) is 3.19. The number of carboxylic acids is 1. The maximum absolute atomic E-state index is 11.3. The summed E-state index contributed by atoms with van der Waals surface area (Å²) in [5, 5.41) is 14.0. The van der Waals surface area contributed by atoms with Gasteiger partial charge >= 0.3 is 5.97 Å². The molecule has 1 aliphatic carbocycles. The number of benzene rings is 1. The second-order valence-corrected chi connectivity index (χ2v) is 6.61. The number of nitrogens with one attached hydrogen (secondary N) is 1. The number of carboxylic acid groups (broad SMARTS) is 1. The highest BCUT2D eigenvalue weighted by Crippen LogP contribution is 2.36. The van der Waals surface area contributed by atoms with Crippen molar-refractivity contribution in [2.75, 3.05) is 5.32 Å². The van der Waals surface area contributed by atoms with E-state index in [2.05, 4.69) is 10.3 Å². The van der Waals surface area contributed by atoms with Crippen LogP contribution in [0.2, 0.25) is 5.02 Å². The Kier molecular flexibility index (Phi) is 4.12. The highest BCUT2D eigenvalue weighted by Gasteiger charge is 2.29. The summed E-state index contributed by atoms with van der Waals surface area (Å²) in [6, 6.07) is 7.63. The number of aliphatic carboxylic acids is 1. The molecule has 0 radical (unpaired) electrons. The van der Waals surface area contributed by atoms with Gasteiger partial charge in [0.25, 0.3) is 0 Å². The van der Waals surface area contributed by atoms with Gasteiger partial charge in [0.15, 0.2) is 5.13 Å². The number of aryl methyl sites for hydroxylation is 1. The number of halogens is 1. The van der Waals surface area contributed by atoms with Gasteiger partial charge in [0.1, 0.15) is 5.92 Å². The lowest BCUT2D eigenvalue weighted by molar-refractivity contribution is -0.139. The van der Waals surface area contributed by atoms with E-state index in [0.717, 1.165) is 34.1 Å². The molecule has 110 valence electrons. The Hall–Kier alpha value is -1.59. The number of hydrogen-bond donors (Lipinski definition) is 2. The minimum Gasteiger partial charge on any atom is -0.481 e. The quantitative estimate of drug-likeness (QED) is 0.895. The van der Waals surface area contributed by atoms with Crippen LogP contribution in [0.1, 0.15) is 34.9 Å². The highest BCUT2D eigenvalue weighted by molar-refractivity contribution is 7.15. The molecule has 21 heavy (non-hydrogen) atoms. The lowest BCUT2D eigenvalue weighted by Gasteiger charge is -2.16. The minimum absolute atomic E-state index is 0.448. The van der Waals surface area contributed by atoms with Crippen LogP contribution < -0.4 is 5.32 Å². The van der Waals surface area contributed by atoms with Crippen molar-refractivity contribution in [1.82, 2.24) is 4.98 Å². The number of fused-ring (bicyclic) bond motifs is 1. The van der Waals surface area contributed by atoms with Crippen LogP contribution in [0, 0.1) is 0 Å². The van der Waals surface area contributed by atoms with Gasteiger partial charge in [0, 0.05) is 16.4 Å². The predicted octanol–water partition coefficient (Wildman–Crippen LogP) is 3.91. The zero-order valence-electron chi connectivity index (χ0n) is 11.3. The van der Waals surface area contributed by atoms with Gasteiger partial charge < -0.3 is 10.4 Å². The lowest BCUT2D eigenvalue weighted by atomic mass is 9.91.